The van der Waals surface area contributed by atoms with E-state index in [-0.39, 0.29) is 12.8 Å². The van der Waals surface area contributed by atoms with Crippen molar-refractivity contribution in [2.45, 2.75) is 18.9 Å². The normalized spacial score (nSPS) is 11.9. The first kappa shape index (κ1) is 15.1. The highest BCUT2D eigenvalue weighted by Gasteiger charge is 2.14. The van der Waals surface area contributed by atoms with Crippen molar-refractivity contribution in [2.75, 3.05) is 0 Å². The number of hydrogen-bond acceptors (Lipinski definition) is 5. The minimum atomic E-state index is -0.947. The van der Waals surface area contributed by atoms with E-state index in [1.807, 2.05) is 0 Å². The lowest BCUT2D eigenvalue weighted by Gasteiger charge is -2.09. The van der Waals surface area contributed by atoms with Gasteiger partial charge in [0.2, 0.25) is 0 Å². The van der Waals surface area contributed by atoms with E-state index in [1.165, 1.54) is 6.20 Å². The van der Waals surface area contributed by atoms with Crippen LogP contribution in [0.5, 0.6) is 0 Å². The number of hydrogen-bond donors (Lipinski definition) is 1. The molecule has 0 saturated heterocycles. The Bertz CT molecular complexity index is 629. The second-order valence-electron chi connectivity index (χ2n) is 4.40. The third-order valence-corrected chi connectivity index (χ3v) is 3.17. The predicted octanol–water partition coefficient (Wildman–Crippen LogP) is 3.47. The van der Waals surface area contributed by atoms with Crippen LogP contribution in [0, 0.1) is 4.91 Å². The summed E-state index contributed by atoms with van der Waals surface area (Å²) in [7, 11) is 0. The van der Waals surface area contributed by atoms with Crippen LogP contribution >= 0.6 is 11.6 Å². The summed E-state index contributed by atoms with van der Waals surface area (Å²) in [5.74, 6) is -0.947. The number of nitrogens with zero attached hydrogens (tertiary/aromatic N) is 3. The molecule has 1 aromatic heterocycles. The predicted molar refractivity (Wildman–Crippen MR) is 77.9 cm³/mol. The van der Waals surface area contributed by atoms with Gasteiger partial charge in [-0.15, -0.1) is 0 Å². The first-order valence-electron chi connectivity index (χ1n) is 6.22. The number of aromatic nitrogens is 2. The fourth-order valence-electron chi connectivity index (χ4n) is 1.88. The summed E-state index contributed by atoms with van der Waals surface area (Å²) in [5, 5.41) is 11.9. The molecule has 1 atom stereocenters. The lowest BCUT2D eigenvalue weighted by atomic mass is 10.0. The molecule has 0 aliphatic carbocycles. The molecule has 0 saturated carbocycles. The van der Waals surface area contributed by atoms with Crippen LogP contribution in [0.1, 0.15) is 24.4 Å². The number of halogens is 1. The van der Waals surface area contributed by atoms with Crippen molar-refractivity contribution in [3.8, 4) is 11.3 Å². The fraction of sp³-hybridized carbons (Fsp3) is 0.214. The van der Waals surface area contributed by atoms with Crippen LogP contribution < -0.4 is 0 Å². The van der Waals surface area contributed by atoms with Crippen LogP contribution in [0.4, 0.5) is 0 Å². The summed E-state index contributed by atoms with van der Waals surface area (Å²) in [6.45, 7) is 0. The van der Waals surface area contributed by atoms with E-state index in [0.29, 0.717) is 16.4 Å². The van der Waals surface area contributed by atoms with Crippen molar-refractivity contribution in [3.63, 3.8) is 0 Å². The van der Waals surface area contributed by atoms with Gasteiger partial charge in [-0.1, -0.05) is 41.0 Å². The first-order chi connectivity index (χ1) is 10.1. The molecule has 0 aliphatic rings. The summed E-state index contributed by atoms with van der Waals surface area (Å²) in [5.41, 5.74) is 2.16. The standard InChI is InChI=1S/C14H12ClN3O3/c15-13-8-16-12(7-17-13)10-3-1-9(2-4-10)11(18-21)5-6-14(19)20/h1-4,7-8,11H,5-6H2,(H,19,20). The summed E-state index contributed by atoms with van der Waals surface area (Å²) in [4.78, 5) is 29.5. The second-order valence-corrected chi connectivity index (χ2v) is 4.79. The molecule has 0 fully saturated rings. The van der Waals surface area contributed by atoms with Gasteiger partial charge in [-0.2, -0.15) is 4.91 Å². The number of benzene rings is 1. The molecule has 2 rings (SSSR count). The Morgan fingerprint density at radius 3 is 2.48 bits per heavy atom. The zero-order chi connectivity index (χ0) is 15.2. The molecule has 0 aliphatic heterocycles. The number of carboxylic acid groups (broad SMARTS) is 1. The largest absolute Gasteiger partial charge is 0.481 e. The number of carbonyl (C=O) groups is 1. The Hall–Kier alpha value is -2.34. The number of rotatable bonds is 6. The molecular weight excluding hydrogens is 294 g/mol. The average molecular weight is 306 g/mol. The van der Waals surface area contributed by atoms with Crippen molar-refractivity contribution in [1.29, 1.82) is 0 Å². The van der Waals surface area contributed by atoms with Crippen LogP contribution in [0.2, 0.25) is 5.15 Å². The minimum absolute atomic E-state index is 0.0964. The molecule has 1 heterocycles. The van der Waals surface area contributed by atoms with E-state index in [2.05, 4.69) is 15.1 Å². The third-order valence-electron chi connectivity index (χ3n) is 2.97. The molecule has 1 aromatic carbocycles. The molecule has 2 aromatic rings. The molecule has 6 nitrogen and oxygen atoms in total. The smallest absolute Gasteiger partial charge is 0.303 e. The van der Waals surface area contributed by atoms with E-state index in [1.54, 1.807) is 30.5 Å². The zero-order valence-corrected chi connectivity index (χ0v) is 11.7. The van der Waals surface area contributed by atoms with Gasteiger partial charge in [-0.25, -0.2) is 4.98 Å². The van der Waals surface area contributed by atoms with Gasteiger partial charge in [0, 0.05) is 12.0 Å². The van der Waals surface area contributed by atoms with Crippen LogP contribution in [0.25, 0.3) is 11.3 Å². The maximum Gasteiger partial charge on any atom is 0.303 e. The Balaban J connectivity index is 2.15. The minimum Gasteiger partial charge on any atom is -0.481 e. The van der Waals surface area contributed by atoms with E-state index in [9.17, 15) is 9.70 Å². The van der Waals surface area contributed by atoms with E-state index in [4.69, 9.17) is 16.7 Å². The Morgan fingerprint density at radius 1 is 1.24 bits per heavy atom. The molecule has 21 heavy (non-hydrogen) atoms. The van der Waals surface area contributed by atoms with Crippen LogP contribution in [-0.4, -0.2) is 21.0 Å². The molecule has 0 amide bonds. The molecule has 1 unspecified atom stereocenters. The van der Waals surface area contributed by atoms with Crippen molar-refractivity contribution in [3.05, 3.63) is 52.3 Å². The topological polar surface area (TPSA) is 92.5 Å². The highest BCUT2D eigenvalue weighted by Crippen LogP contribution is 2.25. The van der Waals surface area contributed by atoms with E-state index < -0.39 is 12.0 Å². The molecular formula is C14H12ClN3O3. The lowest BCUT2D eigenvalue weighted by Crippen LogP contribution is -2.01. The van der Waals surface area contributed by atoms with Gasteiger partial charge in [-0.05, 0) is 12.0 Å². The van der Waals surface area contributed by atoms with Gasteiger partial charge >= 0.3 is 5.97 Å². The van der Waals surface area contributed by atoms with Crippen LogP contribution in [0.15, 0.2) is 41.8 Å². The van der Waals surface area contributed by atoms with Crippen molar-refractivity contribution >= 4 is 17.6 Å². The maximum absolute atomic E-state index is 10.8. The maximum atomic E-state index is 10.8. The average Bonchev–Trinajstić information content (AvgIpc) is 2.49. The summed E-state index contributed by atoms with van der Waals surface area (Å²) in [6, 6.07) is 6.38. The molecule has 0 bridgehead atoms. The van der Waals surface area contributed by atoms with E-state index >= 15 is 0 Å². The Labute approximate surface area is 125 Å². The van der Waals surface area contributed by atoms with Crippen LogP contribution in [-0.2, 0) is 4.79 Å². The number of carboxylic acids is 1. The molecule has 0 radical (unpaired) electrons. The molecule has 7 heteroatoms. The summed E-state index contributed by atoms with van der Waals surface area (Å²) >= 11 is 5.68. The van der Waals surface area contributed by atoms with Gasteiger partial charge in [-0.3, -0.25) is 9.78 Å². The number of aliphatic carboxylic acids is 1. The van der Waals surface area contributed by atoms with Gasteiger partial charge in [0.15, 0.2) is 0 Å². The van der Waals surface area contributed by atoms with Crippen molar-refractivity contribution in [1.82, 2.24) is 9.97 Å². The summed E-state index contributed by atoms with van der Waals surface area (Å²) < 4.78 is 0. The number of nitroso groups, excluding NO2 is 1. The van der Waals surface area contributed by atoms with Crippen LogP contribution in [0.3, 0.4) is 0 Å². The Morgan fingerprint density at radius 2 is 1.95 bits per heavy atom. The first-order valence-corrected chi connectivity index (χ1v) is 6.60. The quantitative estimate of drug-likeness (QED) is 0.825. The highest BCUT2D eigenvalue weighted by molar-refractivity contribution is 6.29. The summed E-state index contributed by atoms with van der Waals surface area (Å²) in [6.07, 6.45) is 3.09. The highest BCUT2D eigenvalue weighted by atomic mass is 35.5. The molecule has 108 valence electrons. The zero-order valence-electron chi connectivity index (χ0n) is 10.9. The van der Waals surface area contributed by atoms with Gasteiger partial charge in [0.05, 0.1) is 18.1 Å². The monoisotopic (exact) mass is 305 g/mol. The van der Waals surface area contributed by atoms with Gasteiger partial charge < -0.3 is 5.11 Å². The van der Waals surface area contributed by atoms with Crippen molar-refractivity contribution in [2.24, 2.45) is 5.18 Å². The Kier molecular flexibility index (Phi) is 4.94. The third kappa shape index (κ3) is 4.06. The molecule has 0 spiro atoms. The van der Waals surface area contributed by atoms with Gasteiger partial charge in [0.25, 0.3) is 0 Å². The van der Waals surface area contributed by atoms with Crippen molar-refractivity contribution < 1.29 is 9.90 Å². The van der Waals surface area contributed by atoms with E-state index in [0.717, 1.165) is 5.56 Å². The lowest BCUT2D eigenvalue weighted by molar-refractivity contribution is -0.137. The SMILES string of the molecule is O=NC(CCC(=O)O)c1ccc(-c2cnc(Cl)cn2)cc1. The van der Waals surface area contributed by atoms with Gasteiger partial charge in [0.1, 0.15) is 11.2 Å². The molecule has 1 N–H and O–H groups in total. The second kappa shape index (κ2) is 6.90. The fourth-order valence-corrected chi connectivity index (χ4v) is 1.98.